The van der Waals surface area contributed by atoms with Crippen LogP contribution in [0.25, 0.3) is 0 Å². The van der Waals surface area contributed by atoms with Gasteiger partial charge in [-0.3, -0.25) is 0 Å². The molecule has 0 radical (unpaired) electrons. The molecular formula is C15H25NO. The fraction of sp³-hybridized carbons (Fsp3) is 0.933. The summed E-state index contributed by atoms with van der Waals surface area (Å²) < 4.78 is 0. The Kier molecular flexibility index (Phi) is 3.78. The topological polar surface area (TPSA) is 44.0 Å². The van der Waals surface area contributed by atoms with E-state index in [9.17, 15) is 10.4 Å². The fourth-order valence-electron chi connectivity index (χ4n) is 3.50. The number of rotatable bonds is 3. The average Bonchev–Trinajstić information content (AvgIpc) is 2.26. The molecule has 2 fully saturated rings. The van der Waals surface area contributed by atoms with Gasteiger partial charge in [-0.05, 0) is 56.3 Å². The quantitative estimate of drug-likeness (QED) is 0.813. The Morgan fingerprint density at radius 1 is 1.12 bits per heavy atom. The van der Waals surface area contributed by atoms with Crippen LogP contribution in [0.15, 0.2) is 0 Å². The number of hydrogen-bond acceptors (Lipinski definition) is 2. The second-order valence-electron chi connectivity index (χ2n) is 6.49. The molecule has 2 saturated carbocycles. The molecule has 2 nitrogen and oxygen atoms in total. The van der Waals surface area contributed by atoms with Gasteiger partial charge in [0.25, 0.3) is 0 Å². The van der Waals surface area contributed by atoms with Gasteiger partial charge in [0.05, 0.1) is 17.6 Å². The van der Waals surface area contributed by atoms with E-state index in [1.54, 1.807) is 0 Å². The van der Waals surface area contributed by atoms with Crippen molar-refractivity contribution < 1.29 is 5.11 Å². The van der Waals surface area contributed by atoms with Crippen molar-refractivity contribution in [2.75, 3.05) is 0 Å². The van der Waals surface area contributed by atoms with Gasteiger partial charge in [-0.25, -0.2) is 0 Å². The van der Waals surface area contributed by atoms with Gasteiger partial charge in [0.1, 0.15) is 0 Å². The van der Waals surface area contributed by atoms with E-state index < -0.39 is 5.41 Å². The van der Waals surface area contributed by atoms with Crippen molar-refractivity contribution in [3.05, 3.63) is 0 Å². The van der Waals surface area contributed by atoms with Crippen molar-refractivity contribution in [3.63, 3.8) is 0 Å². The third kappa shape index (κ3) is 2.36. The van der Waals surface area contributed by atoms with Crippen molar-refractivity contribution in [2.45, 2.75) is 64.9 Å². The zero-order valence-electron chi connectivity index (χ0n) is 11.2. The van der Waals surface area contributed by atoms with Gasteiger partial charge in [-0.1, -0.05) is 20.3 Å². The first-order valence-corrected chi connectivity index (χ1v) is 7.18. The van der Waals surface area contributed by atoms with Gasteiger partial charge < -0.3 is 5.11 Å². The molecule has 0 aromatic heterocycles. The molecule has 2 aliphatic carbocycles. The molecule has 96 valence electrons. The van der Waals surface area contributed by atoms with Crippen molar-refractivity contribution in [3.8, 4) is 6.07 Å². The Morgan fingerprint density at radius 3 is 2.06 bits per heavy atom. The van der Waals surface area contributed by atoms with Crippen molar-refractivity contribution >= 4 is 0 Å². The fourth-order valence-corrected chi connectivity index (χ4v) is 3.50. The van der Waals surface area contributed by atoms with E-state index in [4.69, 9.17) is 0 Å². The molecule has 0 aromatic carbocycles. The maximum Gasteiger partial charge on any atom is 0.0835 e. The van der Waals surface area contributed by atoms with E-state index in [-0.39, 0.29) is 6.10 Å². The van der Waals surface area contributed by atoms with E-state index in [1.807, 2.05) is 0 Å². The number of aliphatic hydroxyl groups excluding tert-OH is 1. The van der Waals surface area contributed by atoms with Crippen molar-refractivity contribution in [2.24, 2.45) is 23.2 Å². The smallest absolute Gasteiger partial charge is 0.0835 e. The predicted octanol–water partition coefficient (Wildman–Crippen LogP) is 3.50. The van der Waals surface area contributed by atoms with Crippen LogP contribution in [0.2, 0.25) is 0 Å². The molecule has 2 rings (SSSR count). The number of hydrogen-bond donors (Lipinski definition) is 1. The minimum absolute atomic E-state index is 0.366. The van der Waals surface area contributed by atoms with Gasteiger partial charge in [0, 0.05) is 0 Å². The summed E-state index contributed by atoms with van der Waals surface area (Å²) in [7, 11) is 0. The normalized spacial score (nSPS) is 36.3. The molecule has 0 bridgehead atoms. The summed E-state index contributed by atoms with van der Waals surface area (Å²) >= 11 is 0. The summed E-state index contributed by atoms with van der Waals surface area (Å²) in [4.78, 5) is 0. The zero-order valence-corrected chi connectivity index (χ0v) is 11.2. The summed E-state index contributed by atoms with van der Waals surface area (Å²) in [6, 6.07) is 2.48. The van der Waals surface area contributed by atoms with Gasteiger partial charge in [0.15, 0.2) is 0 Å². The Bertz CT molecular complexity index is 293. The summed E-state index contributed by atoms with van der Waals surface area (Å²) in [5, 5.41) is 19.9. The molecule has 0 aromatic rings. The predicted molar refractivity (Wildman–Crippen MR) is 68.2 cm³/mol. The molecule has 0 aliphatic heterocycles. The molecule has 0 amide bonds. The van der Waals surface area contributed by atoms with E-state index >= 15 is 0 Å². The minimum atomic E-state index is -0.420. The lowest BCUT2D eigenvalue weighted by Crippen LogP contribution is -2.44. The Balaban J connectivity index is 2.00. The van der Waals surface area contributed by atoms with Crippen molar-refractivity contribution in [1.82, 2.24) is 0 Å². The molecule has 0 heterocycles. The van der Waals surface area contributed by atoms with Gasteiger partial charge in [-0.15, -0.1) is 0 Å². The SMILES string of the molecule is CC(C)C1CCC(C#N)(C(O)C2CCC2)CC1. The van der Waals surface area contributed by atoms with Crippen LogP contribution >= 0.6 is 0 Å². The Hall–Kier alpha value is -0.550. The van der Waals surface area contributed by atoms with Crippen LogP contribution in [0, 0.1) is 34.5 Å². The lowest BCUT2D eigenvalue weighted by atomic mass is 9.61. The molecule has 1 N–H and O–H groups in total. The minimum Gasteiger partial charge on any atom is -0.391 e. The highest BCUT2D eigenvalue weighted by Gasteiger charge is 2.46. The first-order chi connectivity index (χ1) is 8.09. The van der Waals surface area contributed by atoms with Crippen LogP contribution in [0.1, 0.15) is 58.8 Å². The van der Waals surface area contributed by atoms with Crippen LogP contribution in [0.5, 0.6) is 0 Å². The summed E-state index contributed by atoms with van der Waals surface area (Å²) in [6.07, 6.45) is 7.17. The molecule has 2 aliphatic rings. The molecule has 2 heteroatoms. The molecule has 0 saturated heterocycles. The van der Waals surface area contributed by atoms with E-state index in [1.165, 1.54) is 6.42 Å². The molecule has 1 unspecified atom stereocenters. The molecule has 17 heavy (non-hydrogen) atoms. The number of nitriles is 1. The highest BCUT2D eigenvalue weighted by Crippen LogP contribution is 2.48. The lowest BCUT2D eigenvalue weighted by molar-refractivity contribution is -0.0423. The Labute approximate surface area is 105 Å². The summed E-state index contributed by atoms with van der Waals surface area (Å²) in [6.45, 7) is 4.54. The van der Waals surface area contributed by atoms with E-state index in [2.05, 4.69) is 19.9 Å². The highest BCUT2D eigenvalue weighted by molar-refractivity contribution is 5.08. The standard InChI is InChI=1S/C15H25NO/c1-11(2)12-6-8-15(10-16,9-7-12)14(17)13-4-3-5-13/h11-14,17H,3-9H2,1-2H3. The van der Waals surface area contributed by atoms with Crippen LogP contribution < -0.4 is 0 Å². The third-order valence-corrected chi connectivity index (χ3v) is 5.25. The zero-order chi connectivity index (χ0) is 12.5. The average molecular weight is 235 g/mol. The molecule has 0 spiro atoms. The second-order valence-corrected chi connectivity index (χ2v) is 6.49. The van der Waals surface area contributed by atoms with Crippen LogP contribution in [-0.4, -0.2) is 11.2 Å². The number of nitrogens with zero attached hydrogens (tertiary/aromatic N) is 1. The Morgan fingerprint density at radius 2 is 1.71 bits per heavy atom. The highest BCUT2D eigenvalue weighted by atomic mass is 16.3. The van der Waals surface area contributed by atoms with Gasteiger partial charge in [-0.2, -0.15) is 5.26 Å². The van der Waals surface area contributed by atoms with Crippen LogP contribution in [0.3, 0.4) is 0 Å². The first kappa shape index (κ1) is 12.9. The van der Waals surface area contributed by atoms with E-state index in [0.717, 1.165) is 44.4 Å². The maximum atomic E-state index is 10.4. The maximum absolute atomic E-state index is 10.4. The van der Waals surface area contributed by atoms with E-state index in [0.29, 0.717) is 11.8 Å². The summed E-state index contributed by atoms with van der Waals surface area (Å²) in [5.41, 5.74) is -0.420. The second kappa shape index (κ2) is 4.98. The van der Waals surface area contributed by atoms with Crippen molar-refractivity contribution in [1.29, 1.82) is 5.26 Å². The van der Waals surface area contributed by atoms with Gasteiger partial charge in [0.2, 0.25) is 0 Å². The lowest BCUT2D eigenvalue weighted by Gasteiger charge is -2.44. The van der Waals surface area contributed by atoms with Gasteiger partial charge >= 0.3 is 0 Å². The third-order valence-electron chi connectivity index (χ3n) is 5.25. The first-order valence-electron chi connectivity index (χ1n) is 7.18. The molecular weight excluding hydrogens is 210 g/mol. The molecule has 1 atom stereocenters. The van der Waals surface area contributed by atoms with Crippen LogP contribution in [0.4, 0.5) is 0 Å². The number of aliphatic hydroxyl groups is 1. The largest absolute Gasteiger partial charge is 0.391 e. The monoisotopic (exact) mass is 235 g/mol. The summed E-state index contributed by atoms with van der Waals surface area (Å²) in [5.74, 6) is 1.88. The van der Waals surface area contributed by atoms with Crippen LogP contribution in [-0.2, 0) is 0 Å².